The number of fused-ring (bicyclic) bond motifs is 1. The summed E-state index contributed by atoms with van der Waals surface area (Å²) in [5.74, 6) is -2.89. The average Bonchev–Trinajstić information content (AvgIpc) is 2.45. The molecule has 2 aromatic rings. The summed E-state index contributed by atoms with van der Waals surface area (Å²) < 4.78 is 28.2. The number of rotatable bonds is 1. The summed E-state index contributed by atoms with van der Waals surface area (Å²) in [6.07, 6.45) is 3.03. The molecular formula is C9H7BrF2N2. The molecule has 0 unspecified atom stereocenters. The fourth-order valence-electron chi connectivity index (χ4n) is 1.18. The highest BCUT2D eigenvalue weighted by molar-refractivity contribution is 9.10. The smallest absolute Gasteiger partial charge is 0.288 e. The minimum atomic E-state index is -2.89. The van der Waals surface area contributed by atoms with E-state index in [0.29, 0.717) is 5.65 Å². The number of alkyl halides is 2. The molecule has 0 aromatic carbocycles. The molecule has 0 saturated carbocycles. The molecule has 0 atom stereocenters. The van der Waals surface area contributed by atoms with Crippen LogP contribution < -0.4 is 0 Å². The number of imidazole rings is 1. The minimum absolute atomic E-state index is 0.212. The van der Waals surface area contributed by atoms with E-state index >= 15 is 0 Å². The molecule has 2 heterocycles. The number of aromatic nitrogens is 2. The number of nitrogens with zero attached hydrogens (tertiary/aromatic N) is 2. The van der Waals surface area contributed by atoms with Crippen LogP contribution in [0.2, 0.25) is 0 Å². The third kappa shape index (κ3) is 1.64. The molecule has 0 N–H and O–H groups in total. The van der Waals surface area contributed by atoms with E-state index in [2.05, 4.69) is 20.9 Å². The van der Waals surface area contributed by atoms with Gasteiger partial charge in [0, 0.05) is 23.8 Å². The zero-order valence-electron chi connectivity index (χ0n) is 7.34. The summed E-state index contributed by atoms with van der Waals surface area (Å²) in [6, 6.07) is 3.44. The largest absolute Gasteiger partial charge is 0.305 e. The summed E-state index contributed by atoms with van der Waals surface area (Å²) in [5.41, 5.74) is 0.306. The second-order valence-electron chi connectivity index (χ2n) is 3.13. The van der Waals surface area contributed by atoms with Crippen LogP contribution >= 0.6 is 15.9 Å². The monoisotopic (exact) mass is 260 g/mol. The number of hydrogen-bond donors (Lipinski definition) is 0. The Morgan fingerprint density at radius 2 is 2.07 bits per heavy atom. The van der Waals surface area contributed by atoms with Crippen molar-refractivity contribution in [2.24, 2.45) is 0 Å². The Labute approximate surface area is 87.7 Å². The van der Waals surface area contributed by atoms with Gasteiger partial charge in [0.25, 0.3) is 5.92 Å². The van der Waals surface area contributed by atoms with E-state index < -0.39 is 5.92 Å². The van der Waals surface area contributed by atoms with Crippen molar-refractivity contribution in [2.75, 3.05) is 0 Å². The highest BCUT2D eigenvalue weighted by Gasteiger charge is 2.27. The van der Waals surface area contributed by atoms with Gasteiger partial charge in [0.1, 0.15) is 11.3 Å². The Morgan fingerprint density at radius 3 is 2.71 bits per heavy atom. The van der Waals surface area contributed by atoms with Crippen molar-refractivity contribution < 1.29 is 8.78 Å². The molecule has 5 heteroatoms. The van der Waals surface area contributed by atoms with Crippen molar-refractivity contribution in [3.8, 4) is 0 Å². The van der Waals surface area contributed by atoms with Gasteiger partial charge in [-0.15, -0.1) is 0 Å². The Balaban J connectivity index is 2.63. The maximum absolute atomic E-state index is 12.9. The molecule has 74 valence electrons. The van der Waals surface area contributed by atoms with Gasteiger partial charge in [-0.1, -0.05) is 0 Å². The van der Waals surface area contributed by atoms with Crippen LogP contribution in [0.3, 0.4) is 0 Å². The topological polar surface area (TPSA) is 17.3 Å². The molecule has 2 rings (SSSR count). The predicted octanol–water partition coefficient (Wildman–Crippen LogP) is 3.21. The number of hydrogen-bond acceptors (Lipinski definition) is 1. The van der Waals surface area contributed by atoms with Crippen molar-refractivity contribution in [2.45, 2.75) is 12.8 Å². The Kier molecular flexibility index (Phi) is 2.06. The lowest BCUT2D eigenvalue weighted by molar-refractivity contribution is 0.0133. The molecule has 2 nitrogen and oxygen atoms in total. The van der Waals surface area contributed by atoms with E-state index in [4.69, 9.17) is 0 Å². The quantitative estimate of drug-likeness (QED) is 0.770. The van der Waals surface area contributed by atoms with Crippen molar-refractivity contribution >= 4 is 21.6 Å². The number of halogens is 3. The fourth-order valence-corrected chi connectivity index (χ4v) is 1.53. The van der Waals surface area contributed by atoms with Gasteiger partial charge < -0.3 is 4.40 Å². The third-order valence-electron chi connectivity index (χ3n) is 1.86. The zero-order valence-corrected chi connectivity index (χ0v) is 8.92. The molecule has 0 bridgehead atoms. The van der Waals surface area contributed by atoms with E-state index in [1.54, 1.807) is 22.7 Å². The molecule has 14 heavy (non-hydrogen) atoms. The Hall–Kier alpha value is -0.970. The second kappa shape index (κ2) is 3.02. The molecule has 0 spiro atoms. The summed E-state index contributed by atoms with van der Waals surface area (Å²) in [5, 5.41) is 0. The third-order valence-corrected chi connectivity index (χ3v) is 2.33. The standard InChI is InChI=1S/C9H7BrF2N2/c1-9(11,12)7-5-14-4-6(10)2-3-8(14)13-7/h2-5H,1H3. The normalized spacial score (nSPS) is 12.3. The van der Waals surface area contributed by atoms with Gasteiger partial charge in [-0.3, -0.25) is 0 Å². The van der Waals surface area contributed by atoms with Crippen LogP contribution in [-0.2, 0) is 5.92 Å². The second-order valence-corrected chi connectivity index (χ2v) is 4.04. The zero-order chi connectivity index (χ0) is 10.3. The molecule has 0 aliphatic heterocycles. The van der Waals surface area contributed by atoms with Gasteiger partial charge in [0.2, 0.25) is 0 Å². The SMILES string of the molecule is CC(F)(F)c1cn2cc(Br)ccc2n1. The van der Waals surface area contributed by atoms with Crippen molar-refractivity contribution in [1.82, 2.24) is 9.38 Å². The van der Waals surface area contributed by atoms with Crippen LogP contribution in [0.5, 0.6) is 0 Å². The van der Waals surface area contributed by atoms with E-state index in [-0.39, 0.29) is 5.69 Å². The van der Waals surface area contributed by atoms with Crippen LogP contribution in [0.4, 0.5) is 8.78 Å². The maximum Gasteiger partial charge on any atom is 0.288 e. The van der Waals surface area contributed by atoms with Gasteiger partial charge in [0.15, 0.2) is 0 Å². The molecule has 0 aliphatic rings. The van der Waals surface area contributed by atoms with E-state index in [0.717, 1.165) is 11.4 Å². The summed E-state index contributed by atoms with van der Waals surface area (Å²) in [7, 11) is 0. The first kappa shape index (κ1) is 9.58. The van der Waals surface area contributed by atoms with Gasteiger partial charge in [-0.25, -0.2) is 4.98 Å². The lowest BCUT2D eigenvalue weighted by atomic mass is 10.3. The Morgan fingerprint density at radius 1 is 1.36 bits per heavy atom. The lowest BCUT2D eigenvalue weighted by Crippen LogP contribution is -2.06. The van der Waals surface area contributed by atoms with E-state index in [1.165, 1.54) is 6.20 Å². The fraction of sp³-hybridized carbons (Fsp3) is 0.222. The molecule has 0 radical (unpaired) electrons. The van der Waals surface area contributed by atoms with Crippen molar-refractivity contribution in [3.63, 3.8) is 0 Å². The molecule has 0 saturated heterocycles. The van der Waals surface area contributed by atoms with Gasteiger partial charge in [-0.2, -0.15) is 8.78 Å². The molecule has 2 aromatic heterocycles. The van der Waals surface area contributed by atoms with Crippen LogP contribution in [0.1, 0.15) is 12.6 Å². The summed E-state index contributed by atoms with van der Waals surface area (Å²) >= 11 is 3.26. The first-order valence-electron chi connectivity index (χ1n) is 3.99. The van der Waals surface area contributed by atoms with Gasteiger partial charge in [0.05, 0.1) is 0 Å². The van der Waals surface area contributed by atoms with Crippen LogP contribution in [0.25, 0.3) is 5.65 Å². The molecule has 0 aliphatic carbocycles. The lowest BCUT2D eigenvalue weighted by Gasteiger charge is -2.03. The van der Waals surface area contributed by atoms with Crippen LogP contribution in [-0.4, -0.2) is 9.38 Å². The van der Waals surface area contributed by atoms with Crippen molar-refractivity contribution in [1.29, 1.82) is 0 Å². The highest BCUT2D eigenvalue weighted by atomic mass is 79.9. The highest BCUT2D eigenvalue weighted by Crippen LogP contribution is 2.26. The predicted molar refractivity (Wildman–Crippen MR) is 52.5 cm³/mol. The number of pyridine rings is 1. The summed E-state index contributed by atoms with van der Waals surface area (Å²) in [6.45, 7) is 0.837. The van der Waals surface area contributed by atoms with E-state index in [9.17, 15) is 8.78 Å². The average molecular weight is 261 g/mol. The first-order valence-corrected chi connectivity index (χ1v) is 4.79. The van der Waals surface area contributed by atoms with Crippen molar-refractivity contribution in [3.05, 3.63) is 34.7 Å². The Bertz CT molecular complexity index is 473. The van der Waals surface area contributed by atoms with Gasteiger partial charge in [-0.05, 0) is 28.1 Å². The van der Waals surface area contributed by atoms with E-state index in [1.807, 2.05) is 0 Å². The summed E-state index contributed by atoms with van der Waals surface area (Å²) in [4.78, 5) is 3.82. The van der Waals surface area contributed by atoms with Crippen LogP contribution in [0, 0.1) is 0 Å². The molecular weight excluding hydrogens is 254 g/mol. The molecule has 0 amide bonds. The first-order chi connectivity index (χ1) is 6.47. The minimum Gasteiger partial charge on any atom is -0.305 e. The maximum atomic E-state index is 12.9. The van der Waals surface area contributed by atoms with Crippen LogP contribution in [0.15, 0.2) is 29.0 Å². The molecule has 0 fully saturated rings. The van der Waals surface area contributed by atoms with Gasteiger partial charge >= 0.3 is 0 Å².